The Bertz CT molecular complexity index is 700. The number of anilines is 2. The van der Waals surface area contributed by atoms with Crippen LogP contribution in [0.1, 0.15) is 5.56 Å². The van der Waals surface area contributed by atoms with Crippen molar-refractivity contribution in [2.75, 3.05) is 24.6 Å². The second-order valence-corrected chi connectivity index (χ2v) is 6.51. The molecule has 0 spiro atoms. The Morgan fingerprint density at radius 3 is 2.43 bits per heavy atom. The SMILES string of the molecule is CNS(=O)(=O)c1ccc(NCCc2ccccc2)c(N)c1. The van der Waals surface area contributed by atoms with Crippen LogP contribution in [0.5, 0.6) is 0 Å². The zero-order chi connectivity index (χ0) is 15.3. The van der Waals surface area contributed by atoms with Gasteiger partial charge in [0.1, 0.15) is 0 Å². The maximum atomic E-state index is 11.7. The Labute approximate surface area is 125 Å². The average Bonchev–Trinajstić information content (AvgIpc) is 2.50. The molecule has 0 bridgehead atoms. The summed E-state index contributed by atoms with van der Waals surface area (Å²) in [7, 11) is -2.09. The summed E-state index contributed by atoms with van der Waals surface area (Å²) >= 11 is 0. The van der Waals surface area contributed by atoms with Crippen molar-refractivity contribution in [2.45, 2.75) is 11.3 Å². The summed E-state index contributed by atoms with van der Waals surface area (Å²) in [6.07, 6.45) is 0.872. The molecule has 0 saturated heterocycles. The fourth-order valence-corrected chi connectivity index (χ4v) is 2.74. The van der Waals surface area contributed by atoms with Crippen LogP contribution >= 0.6 is 0 Å². The number of hydrogen-bond acceptors (Lipinski definition) is 4. The fraction of sp³-hybridized carbons (Fsp3) is 0.200. The molecule has 21 heavy (non-hydrogen) atoms. The van der Waals surface area contributed by atoms with Crippen molar-refractivity contribution in [3.8, 4) is 0 Å². The number of nitrogen functional groups attached to an aromatic ring is 1. The predicted octanol–water partition coefficient (Wildman–Crippen LogP) is 1.83. The minimum absolute atomic E-state index is 0.163. The van der Waals surface area contributed by atoms with E-state index < -0.39 is 10.0 Å². The van der Waals surface area contributed by atoms with Crippen LogP contribution in [0.2, 0.25) is 0 Å². The first-order valence-corrected chi connectivity index (χ1v) is 8.12. The highest BCUT2D eigenvalue weighted by Crippen LogP contribution is 2.22. The monoisotopic (exact) mass is 305 g/mol. The van der Waals surface area contributed by atoms with E-state index in [1.807, 2.05) is 18.2 Å². The molecule has 0 aliphatic carbocycles. The molecule has 0 atom stereocenters. The Hall–Kier alpha value is -2.05. The van der Waals surface area contributed by atoms with Gasteiger partial charge in [0.05, 0.1) is 16.3 Å². The third-order valence-corrected chi connectivity index (χ3v) is 4.59. The molecule has 4 N–H and O–H groups in total. The first kappa shape index (κ1) is 15.3. The van der Waals surface area contributed by atoms with Crippen molar-refractivity contribution >= 4 is 21.4 Å². The third kappa shape index (κ3) is 3.96. The van der Waals surface area contributed by atoms with Gasteiger partial charge in [-0.15, -0.1) is 0 Å². The van der Waals surface area contributed by atoms with E-state index in [4.69, 9.17) is 5.73 Å². The Balaban J connectivity index is 2.02. The number of nitrogens with one attached hydrogen (secondary N) is 2. The highest BCUT2D eigenvalue weighted by Gasteiger charge is 2.12. The lowest BCUT2D eigenvalue weighted by Crippen LogP contribution is -2.19. The van der Waals surface area contributed by atoms with E-state index in [0.717, 1.165) is 18.7 Å². The number of sulfonamides is 1. The second kappa shape index (κ2) is 6.60. The lowest BCUT2D eigenvalue weighted by molar-refractivity contribution is 0.588. The van der Waals surface area contributed by atoms with Gasteiger partial charge in [-0.25, -0.2) is 13.1 Å². The predicted molar refractivity (Wildman–Crippen MR) is 85.7 cm³/mol. The Morgan fingerprint density at radius 1 is 1.10 bits per heavy atom. The quantitative estimate of drug-likeness (QED) is 0.711. The van der Waals surface area contributed by atoms with E-state index >= 15 is 0 Å². The Kier molecular flexibility index (Phi) is 4.82. The number of rotatable bonds is 6. The minimum Gasteiger partial charge on any atom is -0.397 e. The van der Waals surface area contributed by atoms with Gasteiger partial charge < -0.3 is 11.1 Å². The van der Waals surface area contributed by atoms with Gasteiger partial charge >= 0.3 is 0 Å². The topological polar surface area (TPSA) is 84.2 Å². The highest BCUT2D eigenvalue weighted by atomic mass is 32.2. The number of hydrogen-bond donors (Lipinski definition) is 3. The van der Waals surface area contributed by atoms with Crippen molar-refractivity contribution < 1.29 is 8.42 Å². The van der Waals surface area contributed by atoms with Gasteiger partial charge in [-0.1, -0.05) is 30.3 Å². The van der Waals surface area contributed by atoms with E-state index in [1.54, 1.807) is 6.07 Å². The van der Waals surface area contributed by atoms with Gasteiger partial charge in [-0.2, -0.15) is 0 Å². The van der Waals surface area contributed by atoms with E-state index in [-0.39, 0.29) is 4.90 Å². The van der Waals surface area contributed by atoms with Crippen LogP contribution in [-0.2, 0) is 16.4 Å². The van der Waals surface area contributed by atoms with Crippen LogP contribution in [0.3, 0.4) is 0 Å². The van der Waals surface area contributed by atoms with Crippen LogP contribution in [-0.4, -0.2) is 22.0 Å². The molecule has 0 fully saturated rings. The normalized spacial score (nSPS) is 11.3. The summed E-state index contributed by atoms with van der Waals surface area (Å²) in [6.45, 7) is 0.729. The summed E-state index contributed by atoms with van der Waals surface area (Å²) in [4.78, 5) is 0.163. The van der Waals surface area contributed by atoms with E-state index in [0.29, 0.717) is 5.69 Å². The summed E-state index contributed by atoms with van der Waals surface area (Å²) in [5, 5.41) is 3.22. The van der Waals surface area contributed by atoms with Crippen molar-refractivity contribution in [1.82, 2.24) is 4.72 Å². The van der Waals surface area contributed by atoms with Gasteiger partial charge in [-0.3, -0.25) is 0 Å². The first-order chi connectivity index (χ1) is 10.0. The summed E-state index contributed by atoms with van der Waals surface area (Å²) in [6, 6.07) is 14.8. The van der Waals surface area contributed by atoms with Gasteiger partial charge in [-0.05, 0) is 37.2 Å². The van der Waals surface area contributed by atoms with Gasteiger partial charge in [0.15, 0.2) is 0 Å². The lowest BCUT2D eigenvalue weighted by Gasteiger charge is -2.11. The van der Waals surface area contributed by atoms with Crippen molar-refractivity contribution in [3.63, 3.8) is 0 Å². The molecule has 0 heterocycles. The Morgan fingerprint density at radius 2 is 1.81 bits per heavy atom. The number of benzene rings is 2. The average molecular weight is 305 g/mol. The lowest BCUT2D eigenvalue weighted by atomic mass is 10.1. The summed E-state index contributed by atoms with van der Waals surface area (Å²) in [5.41, 5.74) is 8.28. The van der Waals surface area contributed by atoms with Crippen molar-refractivity contribution in [2.24, 2.45) is 0 Å². The molecule has 112 valence electrons. The van der Waals surface area contributed by atoms with Crippen molar-refractivity contribution in [3.05, 3.63) is 54.1 Å². The van der Waals surface area contributed by atoms with Crippen LogP contribution < -0.4 is 15.8 Å². The molecule has 0 aromatic heterocycles. The molecule has 2 aromatic rings. The molecule has 6 heteroatoms. The molecule has 0 aliphatic heterocycles. The van der Waals surface area contributed by atoms with Gasteiger partial charge in [0.25, 0.3) is 0 Å². The smallest absolute Gasteiger partial charge is 0.240 e. The van der Waals surface area contributed by atoms with Crippen LogP contribution in [0, 0.1) is 0 Å². The molecule has 2 rings (SSSR count). The maximum Gasteiger partial charge on any atom is 0.240 e. The van der Waals surface area contributed by atoms with Crippen molar-refractivity contribution in [1.29, 1.82) is 0 Å². The van der Waals surface area contributed by atoms with Gasteiger partial charge in [0, 0.05) is 6.54 Å². The minimum atomic E-state index is -3.46. The zero-order valence-electron chi connectivity index (χ0n) is 11.8. The summed E-state index contributed by atoms with van der Waals surface area (Å²) in [5.74, 6) is 0. The third-order valence-electron chi connectivity index (χ3n) is 3.17. The van der Waals surface area contributed by atoms with Crippen LogP contribution in [0.4, 0.5) is 11.4 Å². The number of nitrogens with two attached hydrogens (primary N) is 1. The molecular formula is C15H19N3O2S. The fourth-order valence-electron chi connectivity index (χ4n) is 1.97. The standard InChI is InChI=1S/C15H19N3O2S/c1-17-21(19,20)13-7-8-15(14(16)11-13)18-10-9-12-5-3-2-4-6-12/h2-8,11,17-18H,9-10,16H2,1H3. The second-order valence-electron chi connectivity index (χ2n) is 4.62. The largest absolute Gasteiger partial charge is 0.397 e. The molecule has 0 amide bonds. The zero-order valence-corrected chi connectivity index (χ0v) is 12.7. The molecule has 5 nitrogen and oxygen atoms in total. The van der Waals surface area contributed by atoms with Gasteiger partial charge in [0.2, 0.25) is 10.0 Å². The molecular weight excluding hydrogens is 286 g/mol. The maximum absolute atomic E-state index is 11.7. The van der Waals surface area contributed by atoms with E-state index in [2.05, 4.69) is 22.2 Å². The van der Waals surface area contributed by atoms with Crippen LogP contribution in [0.25, 0.3) is 0 Å². The molecule has 2 aromatic carbocycles. The molecule has 0 radical (unpaired) electrons. The molecule has 0 aliphatic rings. The van der Waals surface area contributed by atoms with Crippen LogP contribution in [0.15, 0.2) is 53.4 Å². The molecule has 0 saturated carbocycles. The molecule has 0 unspecified atom stereocenters. The highest BCUT2D eigenvalue weighted by molar-refractivity contribution is 7.89. The van der Waals surface area contributed by atoms with E-state index in [1.165, 1.54) is 24.7 Å². The first-order valence-electron chi connectivity index (χ1n) is 6.64. The summed E-state index contributed by atoms with van der Waals surface area (Å²) < 4.78 is 25.6. The van der Waals surface area contributed by atoms with E-state index in [9.17, 15) is 8.42 Å².